The second kappa shape index (κ2) is 5.60. The summed E-state index contributed by atoms with van der Waals surface area (Å²) >= 11 is 1.57. The van der Waals surface area contributed by atoms with E-state index in [0.29, 0.717) is 6.42 Å². The van der Waals surface area contributed by atoms with E-state index in [0.717, 1.165) is 5.56 Å². The monoisotopic (exact) mass is 302 g/mol. The first-order valence-electron chi connectivity index (χ1n) is 6.18. The van der Waals surface area contributed by atoms with Crippen LogP contribution in [-0.2, 0) is 14.6 Å². The van der Waals surface area contributed by atoms with Crippen LogP contribution in [0.1, 0.15) is 25.1 Å². The van der Waals surface area contributed by atoms with Gasteiger partial charge in [0.2, 0.25) is 5.91 Å². The normalized spacial score (nSPS) is 24.1. The van der Waals surface area contributed by atoms with Crippen LogP contribution in [0.3, 0.4) is 0 Å². The molecule has 0 aromatic carbocycles. The van der Waals surface area contributed by atoms with Gasteiger partial charge in [0, 0.05) is 12.8 Å². The Labute approximate surface area is 117 Å². The van der Waals surface area contributed by atoms with E-state index in [1.54, 1.807) is 16.2 Å². The first kappa shape index (κ1) is 14.5. The van der Waals surface area contributed by atoms with Gasteiger partial charge in [-0.05, 0) is 28.8 Å². The van der Waals surface area contributed by atoms with E-state index in [1.807, 2.05) is 23.8 Å². The second-order valence-corrected chi connectivity index (χ2v) is 7.79. The number of thiophene rings is 1. The highest BCUT2D eigenvalue weighted by Gasteiger charge is 2.38. The summed E-state index contributed by atoms with van der Waals surface area (Å²) in [6.07, 6.45) is 1.69. The van der Waals surface area contributed by atoms with Crippen LogP contribution in [0.5, 0.6) is 0 Å². The molecule has 1 aromatic heterocycles. The summed E-state index contributed by atoms with van der Waals surface area (Å²) in [6.45, 7) is 2.18. The Balaban J connectivity index is 2.18. The highest BCUT2D eigenvalue weighted by atomic mass is 32.2. The smallest absolute Gasteiger partial charge is 0.241 e. The first-order chi connectivity index (χ1) is 8.92. The molecule has 5 nitrogen and oxygen atoms in total. The van der Waals surface area contributed by atoms with E-state index in [4.69, 9.17) is 0 Å². The average molecular weight is 302 g/mol. The molecule has 1 N–H and O–H groups in total. The van der Waals surface area contributed by atoms with Gasteiger partial charge in [-0.2, -0.15) is 11.3 Å². The predicted molar refractivity (Wildman–Crippen MR) is 75.7 cm³/mol. The van der Waals surface area contributed by atoms with E-state index in [2.05, 4.69) is 5.32 Å². The Morgan fingerprint density at radius 1 is 1.47 bits per heavy atom. The van der Waals surface area contributed by atoms with Crippen molar-refractivity contribution in [1.82, 2.24) is 10.2 Å². The zero-order valence-corrected chi connectivity index (χ0v) is 12.6. The SMILES string of the molecule is CCC1NC(c2ccsc2)N(CCS(C)(=O)=O)C1=O. The number of rotatable bonds is 5. The van der Waals surface area contributed by atoms with Crippen molar-refractivity contribution < 1.29 is 13.2 Å². The van der Waals surface area contributed by atoms with Gasteiger partial charge >= 0.3 is 0 Å². The van der Waals surface area contributed by atoms with Gasteiger partial charge in [0.05, 0.1) is 11.8 Å². The number of hydrogen-bond acceptors (Lipinski definition) is 5. The van der Waals surface area contributed by atoms with Crippen molar-refractivity contribution in [3.8, 4) is 0 Å². The molecule has 7 heteroatoms. The summed E-state index contributed by atoms with van der Waals surface area (Å²) < 4.78 is 22.6. The minimum Gasteiger partial charge on any atom is -0.321 e. The van der Waals surface area contributed by atoms with Crippen LogP contribution < -0.4 is 5.32 Å². The molecular formula is C12H18N2O3S2. The van der Waals surface area contributed by atoms with E-state index in [9.17, 15) is 13.2 Å². The topological polar surface area (TPSA) is 66.5 Å². The molecule has 0 bridgehead atoms. The fourth-order valence-electron chi connectivity index (χ4n) is 2.18. The Bertz CT molecular complexity index is 539. The molecule has 1 aliphatic rings. The number of carbonyl (C=O) groups is 1. The van der Waals surface area contributed by atoms with Crippen LogP contribution in [0.15, 0.2) is 16.8 Å². The maximum Gasteiger partial charge on any atom is 0.241 e. The van der Waals surface area contributed by atoms with Crippen LogP contribution in [-0.4, -0.2) is 43.8 Å². The molecular weight excluding hydrogens is 284 g/mol. The lowest BCUT2D eigenvalue weighted by atomic mass is 10.2. The molecule has 19 heavy (non-hydrogen) atoms. The third-order valence-corrected chi connectivity index (χ3v) is 4.85. The molecule has 1 amide bonds. The van der Waals surface area contributed by atoms with Crippen LogP contribution in [0, 0.1) is 0 Å². The molecule has 2 heterocycles. The number of nitrogens with one attached hydrogen (secondary N) is 1. The standard InChI is InChI=1S/C12H18N2O3S2/c1-3-10-12(15)14(5-7-19(2,16)17)11(13-10)9-4-6-18-8-9/h4,6,8,10-11,13H,3,5,7H2,1-2H3. The minimum absolute atomic E-state index is 0.00249. The van der Waals surface area contributed by atoms with Crippen LogP contribution in [0.25, 0.3) is 0 Å². The second-order valence-electron chi connectivity index (χ2n) is 4.75. The van der Waals surface area contributed by atoms with Gasteiger partial charge in [-0.1, -0.05) is 6.92 Å². The Hall–Kier alpha value is -0.920. The molecule has 1 saturated heterocycles. The zero-order valence-electron chi connectivity index (χ0n) is 11.0. The van der Waals surface area contributed by atoms with Gasteiger partial charge in [0.1, 0.15) is 16.0 Å². The third-order valence-electron chi connectivity index (χ3n) is 3.22. The highest BCUT2D eigenvalue weighted by Crippen LogP contribution is 2.27. The average Bonchev–Trinajstić information content (AvgIpc) is 2.93. The van der Waals surface area contributed by atoms with E-state index < -0.39 is 9.84 Å². The van der Waals surface area contributed by atoms with Gasteiger partial charge in [-0.3, -0.25) is 10.1 Å². The summed E-state index contributed by atoms with van der Waals surface area (Å²) in [5.74, 6) is -0.0142. The van der Waals surface area contributed by atoms with Crippen molar-refractivity contribution >= 4 is 27.1 Å². The molecule has 1 fully saturated rings. The maximum atomic E-state index is 12.2. The first-order valence-corrected chi connectivity index (χ1v) is 9.19. The van der Waals surface area contributed by atoms with Crippen molar-refractivity contribution in [2.24, 2.45) is 0 Å². The Kier molecular flexibility index (Phi) is 4.27. The number of amides is 1. The predicted octanol–water partition coefficient (Wildman–Crippen LogP) is 1.00. The van der Waals surface area contributed by atoms with E-state index in [-0.39, 0.29) is 30.4 Å². The molecule has 2 atom stereocenters. The van der Waals surface area contributed by atoms with E-state index in [1.165, 1.54) is 6.26 Å². The summed E-state index contributed by atoms with van der Waals surface area (Å²) in [6, 6.07) is 1.74. The fourth-order valence-corrected chi connectivity index (χ4v) is 3.39. The molecule has 106 valence electrons. The molecule has 0 spiro atoms. The number of carbonyl (C=O) groups excluding carboxylic acids is 1. The van der Waals surface area contributed by atoms with Crippen molar-refractivity contribution in [3.63, 3.8) is 0 Å². The fraction of sp³-hybridized carbons (Fsp3) is 0.583. The summed E-state index contributed by atoms with van der Waals surface area (Å²) in [4.78, 5) is 13.9. The van der Waals surface area contributed by atoms with Crippen molar-refractivity contribution in [2.75, 3.05) is 18.6 Å². The zero-order chi connectivity index (χ0) is 14.0. The molecule has 2 rings (SSSR count). The Morgan fingerprint density at radius 3 is 2.74 bits per heavy atom. The molecule has 0 saturated carbocycles. The van der Waals surface area contributed by atoms with Gasteiger partial charge < -0.3 is 4.90 Å². The third kappa shape index (κ3) is 3.34. The lowest BCUT2D eigenvalue weighted by molar-refractivity contribution is -0.129. The van der Waals surface area contributed by atoms with Gasteiger partial charge in [-0.15, -0.1) is 0 Å². The Morgan fingerprint density at radius 2 is 2.21 bits per heavy atom. The van der Waals surface area contributed by atoms with Crippen LogP contribution >= 0.6 is 11.3 Å². The molecule has 0 aliphatic carbocycles. The lowest BCUT2D eigenvalue weighted by Gasteiger charge is -2.23. The molecule has 2 unspecified atom stereocenters. The summed E-state index contributed by atoms with van der Waals surface area (Å²) in [5.41, 5.74) is 1.02. The highest BCUT2D eigenvalue weighted by molar-refractivity contribution is 7.90. The maximum absolute atomic E-state index is 12.2. The number of nitrogens with zero attached hydrogens (tertiary/aromatic N) is 1. The minimum atomic E-state index is -3.07. The largest absolute Gasteiger partial charge is 0.321 e. The van der Waals surface area contributed by atoms with Crippen molar-refractivity contribution in [3.05, 3.63) is 22.4 Å². The molecule has 0 radical (unpaired) electrons. The van der Waals surface area contributed by atoms with Crippen molar-refractivity contribution in [2.45, 2.75) is 25.6 Å². The number of sulfone groups is 1. The quantitative estimate of drug-likeness (QED) is 0.881. The van der Waals surface area contributed by atoms with Gasteiger partial charge in [0.25, 0.3) is 0 Å². The molecule has 1 aromatic rings. The van der Waals surface area contributed by atoms with Crippen LogP contribution in [0.4, 0.5) is 0 Å². The lowest BCUT2D eigenvalue weighted by Crippen LogP contribution is -2.34. The summed E-state index contributed by atoms with van der Waals surface area (Å²) in [5, 5.41) is 7.20. The van der Waals surface area contributed by atoms with Gasteiger partial charge in [-0.25, -0.2) is 8.42 Å². The van der Waals surface area contributed by atoms with E-state index >= 15 is 0 Å². The van der Waals surface area contributed by atoms with Crippen LogP contribution in [0.2, 0.25) is 0 Å². The summed E-state index contributed by atoms with van der Waals surface area (Å²) in [7, 11) is -3.07. The molecule has 1 aliphatic heterocycles. The van der Waals surface area contributed by atoms with Gasteiger partial charge in [0.15, 0.2) is 0 Å². The number of hydrogen-bond donors (Lipinski definition) is 1. The van der Waals surface area contributed by atoms with Crippen molar-refractivity contribution in [1.29, 1.82) is 0 Å².